The van der Waals surface area contributed by atoms with Gasteiger partial charge >= 0.3 is 0 Å². The predicted octanol–water partition coefficient (Wildman–Crippen LogP) is 3.04. The van der Waals surface area contributed by atoms with Crippen LogP contribution in [0.25, 0.3) is 11.3 Å². The van der Waals surface area contributed by atoms with Crippen molar-refractivity contribution in [1.82, 2.24) is 9.55 Å². The molecule has 0 bridgehead atoms. The summed E-state index contributed by atoms with van der Waals surface area (Å²) in [4.78, 5) is 4.68. The SMILES string of the molecule is Cc1c(-c2ccc(F)cc2)nc2n1CC(C)CC2N. The molecular weight excluding hydrogens is 241 g/mol. The highest BCUT2D eigenvalue weighted by Gasteiger charge is 2.26. The molecule has 0 saturated heterocycles. The van der Waals surface area contributed by atoms with Gasteiger partial charge in [0.1, 0.15) is 11.6 Å². The van der Waals surface area contributed by atoms with E-state index in [1.54, 1.807) is 12.1 Å². The first kappa shape index (κ1) is 12.4. The van der Waals surface area contributed by atoms with Crippen LogP contribution < -0.4 is 5.73 Å². The fraction of sp³-hybridized carbons (Fsp3) is 0.400. The second-order valence-corrected chi connectivity index (χ2v) is 5.47. The minimum Gasteiger partial charge on any atom is -0.330 e. The van der Waals surface area contributed by atoms with E-state index in [0.29, 0.717) is 5.92 Å². The summed E-state index contributed by atoms with van der Waals surface area (Å²) >= 11 is 0. The van der Waals surface area contributed by atoms with Gasteiger partial charge in [-0.2, -0.15) is 0 Å². The number of halogens is 1. The summed E-state index contributed by atoms with van der Waals surface area (Å²) in [5.74, 6) is 1.29. The second kappa shape index (κ2) is 4.46. The third-order valence-electron chi connectivity index (χ3n) is 3.85. The second-order valence-electron chi connectivity index (χ2n) is 5.47. The fourth-order valence-corrected chi connectivity index (χ4v) is 2.88. The summed E-state index contributed by atoms with van der Waals surface area (Å²) < 4.78 is 15.2. The highest BCUT2D eigenvalue weighted by atomic mass is 19.1. The number of hydrogen-bond acceptors (Lipinski definition) is 2. The van der Waals surface area contributed by atoms with Crippen LogP contribution in [0, 0.1) is 18.7 Å². The molecule has 0 radical (unpaired) electrons. The molecule has 2 atom stereocenters. The maximum atomic E-state index is 13.0. The lowest BCUT2D eigenvalue weighted by molar-refractivity contribution is 0.343. The lowest BCUT2D eigenvalue weighted by Gasteiger charge is -2.26. The van der Waals surface area contributed by atoms with Gasteiger partial charge in [-0.1, -0.05) is 6.92 Å². The van der Waals surface area contributed by atoms with Gasteiger partial charge in [0.2, 0.25) is 0 Å². The summed E-state index contributed by atoms with van der Waals surface area (Å²) in [5, 5.41) is 0. The molecule has 3 rings (SSSR count). The van der Waals surface area contributed by atoms with Crippen LogP contribution in [0.3, 0.4) is 0 Å². The molecule has 19 heavy (non-hydrogen) atoms. The van der Waals surface area contributed by atoms with Crippen LogP contribution in [-0.2, 0) is 6.54 Å². The quantitative estimate of drug-likeness (QED) is 0.855. The molecule has 3 nitrogen and oxygen atoms in total. The van der Waals surface area contributed by atoms with Crippen LogP contribution >= 0.6 is 0 Å². The van der Waals surface area contributed by atoms with Gasteiger partial charge in [-0.05, 0) is 43.5 Å². The number of benzene rings is 1. The van der Waals surface area contributed by atoms with Gasteiger partial charge in [0.05, 0.1) is 11.7 Å². The lowest BCUT2D eigenvalue weighted by Crippen LogP contribution is -2.27. The molecule has 2 unspecified atom stereocenters. The first-order valence-electron chi connectivity index (χ1n) is 6.65. The average molecular weight is 259 g/mol. The minimum atomic E-state index is -0.226. The van der Waals surface area contributed by atoms with E-state index >= 15 is 0 Å². The van der Waals surface area contributed by atoms with Crippen LogP contribution in [0.1, 0.15) is 30.9 Å². The molecule has 0 fully saturated rings. The van der Waals surface area contributed by atoms with Crippen molar-refractivity contribution >= 4 is 0 Å². The summed E-state index contributed by atoms with van der Waals surface area (Å²) in [5.41, 5.74) is 9.15. The smallest absolute Gasteiger partial charge is 0.126 e. The molecule has 0 saturated carbocycles. The number of hydrogen-bond donors (Lipinski definition) is 1. The Kier molecular flexibility index (Phi) is 2.90. The molecule has 2 aromatic rings. The van der Waals surface area contributed by atoms with Crippen molar-refractivity contribution in [1.29, 1.82) is 0 Å². The number of aromatic nitrogens is 2. The van der Waals surface area contributed by atoms with Crippen molar-refractivity contribution in [2.45, 2.75) is 32.9 Å². The molecule has 2 N–H and O–H groups in total. The summed E-state index contributed by atoms with van der Waals surface area (Å²) in [6, 6.07) is 6.47. The van der Waals surface area contributed by atoms with Gasteiger partial charge in [-0.15, -0.1) is 0 Å². The molecular formula is C15H18FN3. The van der Waals surface area contributed by atoms with E-state index in [-0.39, 0.29) is 11.9 Å². The van der Waals surface area contributed by atoms with Crippen LogP contribution in [0.5, 0.6) is 0 Å². The molecule has 0 spiro atoms. The molecule has 0 amide bonds. The average Bonchev–Trinajstić information content (AvgIpc) is 2.69. The van der Waals surface area contributed by atoms with E-state index < -0.39 is 0 Å². The van der Waals surface area contributed by atoms with Crippen molar-refractivity contribution in [3.05, 3.63) is 41.6 Å². The number of fused-ring (bicyclic) bond motifs is 1. The number of imidazole rings is 1. The minimum absolute atomic E-state index is 0.00310. The highest BCUT2D eigenvalue weighted by Crippen LogP contribution is 2.32. The van der Waals surface area contributed by atoms with Gasteiger partial charge in [0.25, 0.3) is 0 Å². The normalized spacial score (nSPS) is 22.3. The molecule has 1 aromatic carbocycles. The monoisotopic (exact) mass is 259 g/mol. The van der Waals surface area contributed by atoms with Crippen LogP contribution in [0.15, 0.2) is 24.3 Å². The molecule has 0 aliphatic carbocycles. The maximum Gasteiger partial charge on any atom is 0.126 e. The zero-order valence-corrected chi connectivity index (χ0v) is 11.2. The number of nitrogens with zero attached hydrogens (tertiary/aromatic N) is 2. The van der Waals surface area contributed by atoms with Gasteiger partial charge < -0.3 is 10.3 Å². The van der Waals surface area contributed by atoms with E-state index in [0.717, 1.165) is 35.7 Å². The largest absolute Gasteiger partial charge is 0.330 e. The van der Waals surface area contributed by atoms with Crippen molar-refractivity contribution in [3.63, 3.8) is 0 Å². The third-order valence-corrected chi connectivity index (χ3v) is 3.85. The Balaban J connectivity index is 2.09. The first-order chi connectivity index (χ1) is 9.06. The van der Waals surface area contributed by atoms with E-state index in [9.17, 15) is 4.39 Å². The predicted molar refractivity (Wildman–Crippen MR) is 73.1 cm³/mol. The fourth-order valence-electron chi connectivity index (χ4n) is 2.88. The van der Waals surface area contributed by atoms with Crippen LogP contribution in [-0.4, -0.2) is 9.55 Å². The Bertz CT molecular complexity index is 601. The molecule has 1 aromatic heterocycles. The zero-order chi connectivity index (χ0) is 13.6. The number of nitrogens with two attached hydrogens (primary N) is 1. The van der Waals surface area contributed by atoms with E-state index in [4.69, 9.17) is 5.73 Å². The van der Waals surface area contributed by atoms with Crippen LogP contribution in [0.4, 0.5) is 4.39 Å². The molecule has 1 aliphatic heterocycles. The Morgan fingerprint density at radius 1 is 1.32 bits per heavy atom. The van der Waals surface area contributed by atoms with Gasteiger partial charge in [-0.3, -0.25) is 0 Å². The Labute approximate surface area is 112 Å². The van der Waals surface area contributed by atoms with Crippen molar-refractivity contribution in [3.8, 4) is 11.3 Å². The summed E-state index contributed by atoms with van der Waals surface area (Å²) in [6.07, 6.45) is 0.972. The maximum absolute atomic E-state index is 13.0. The highest BCUT2D eigenvalue weighted by molar-refractivity contribution is 5.62. The Hall–Kier alpha value is -1.68. The van der Waals surface area contributed by atoms with E-state index in [1.165, 1.54) is 12.1 Å². The Morgan fingerprint density at radius 3 is 2.68 bits per heavy atom. The number of rotatable bonds is 1. The third kappa shape index (κ3) is 2.06. The van der Waals surface area contributed by atoms with E-state index in [2.05, 4.69) is 23.4 Å². The standard InChI is InChI=1S/C15H18FN3/c1-9-7-13(17)15-18-14(10(2)19(15)8-9)11-3-5-12(16)6-4-11/h3-6,9,13H,7-8,17H2,1-2H3. The molecule has 100 valence electrons. The lowest BCUT2D eigenvalue weighted by atomic mass is 9.98. The van der Waals surface area contributed by atoms with Crippen molar-refractivity contribution in [2.75, 3.05) is 0 Å². The van der Waals surface area contributed by atoms with Crippen LogP contribution in [0.2, 0.25) is 0 Å². The molecule has 1 aliphatic rings. The molecule has 4 heteroatoms. The van der Waals surface area contributed by atoms with Crippen molar-refractivity contribution in [2.24, 2.45) is 11.7 Å². The topological polar surface area (TPSA) is 43.8 Å². The van der Waals surface area contributed by atoms with Gasteiger partial charge in [0, 0.05) is 17.8 Å². The first-order valence-corrected chi connectivity index (χ1v) is 6.65. The van der Waals surface area contributed by atoms with Gasteiger partial charge in [-0.25, -0.2) is 9.37 Å². The summed E-state index contributed by atoms with van der Waals surface area (Å²) in [6.45, 7) is 5.23. The summed E-state index contributed by atoms with van der Waals surface area (Å²) in [7, 11) is 0. The molecule has 2 heterocycles. The van der Waals surface area contributed by atoms with Crippen molar-refractivity contribution < 1.29 is 4.39 Å². The van der Waals surface area contributed by atoms with Gasteiger partial charge in [0.15, 0.2) is 0 Å². The zero-order valence-electron chi connectivity index (χ0n) is 11.2. The van der Waals surface area contributed by atoms with E-state index in [1.807, 2.05) is 0 Å². The Morgan fingerprint density at radius 2 is 2.00 bits per heavy atom.